The molecule has 1 fully saturated rings. The highest BCUT2D eigenvalue weighted by molar-refractivity contribution is 5.76. The molecule has 0 spiro atoms. The highest BCUT2D eigenvalue weighted by Gasteiger charge is 2.20. The Bertz CT molecular complexity index is 687. The Morgan fingerprint density at radius 3 is 2.40 bits per heavy atom. The number of carbonyl (C=O) groups is 1. The van der Waals surface area contributed by atoms with Gasteiger partial charge in [-0.15, -0.1) is 0 Å². The van der Waals surface area contributed by atoms with Crippen LogP contribution in [0.25, 0.3) is 0 Å². The van der Waals surface area contributed by atoms with Crippen molar-refractivity contribution in [3.05, 3.63) is 53.3 Å². The second-order valence-electron chi connectivity index (χ2n) is 6.86. The van der Waals surface area contributed by atoms with E-state index in [0.29, 0.717) is 6.42 Å². The summed E-state index contributed by atoms with van der Waals surface area (Å²) in [6.45, 7) is 9.63. The molecule has 25 heavy (non-hydrogen) atoms. The first-order chi connectivity index (χ1) is 12.1. The van der Waals surface area contributed by atoms with E-state index in [9.17, 15) is 4.79 Å². The van der Waals surface area contributed by atoms with Gasteiger partial charge >= 0.3 is 0 Å². The molecule has 5 nitrogen and oxygen atoms in total. The van der Waals surface area contributed by atoms with Crippen molar-refractivity contribution in [1.29, 1.82) is 0 Å². The molecule has 2 aromatic rings. The van der Waals surface area contributed by atoms with Crippen LogP contribution in [0.3, 0.4) is 0 Å². The van der Waals surface area contributed by atoms with Crippen LogP contribution in [-0.4, -0.2) is 58.2 Å². The van der Waals surface area contributed by atoms with Gasteiger partial charge in [-0.25, -0.2) is 0 Å². The summed E-state index contributed by atoms with van der Waals surface area (Å²) < 4.78 is 2.08. The third-order valence-corrected chi connectivity index (χ3v) is 4.93. The fraction of sp³-hybridized carbons (Fsp3) is 0.500. The van der Waals surface area contributed by atoms with Crippen LogP contribution >= 0.6 is 0 Å². The average Bonchev–Trinajstić information content (AvgIpc) is 2.96. The smallest absolute Gasteiger partial charge is 0.222 e. The molecule has 0 saturated carbocycles. The molecule has 0 atom stereocenters. The van der Waals surface area contributed by atoms with Gasteiger partial charge < -0.3 is 4.90 Å². The Labute approximate surface area is 150 Å². The molecule has 2 heterocycles. The quantitative estimate of drug-likeness (QED) is 0.810. The molecule has 1 aliphatic heterocycles. The number of piperazine rings is 1. The van der Waals surface area contributed by atoms with Crippen molar-refractivity contribution in [2.24, 2.45) is 0 Å². The highest BCUT2D eigenvalue weighted by atomic mass is 16.2. The molecular weight excluding hydrogens is 312 g/mol. The minimum Gasteiger partial charge on any atom is -0.340 e. The normalized spacial score (nSPS) is 15.5. The van der Waals surface area contributed by atoms with Gasteiger partial charge in [0.15, 0.2) is 0 Å². The SMILES string of the molecule is Cc1cc(C)n(CCN2CCN(C(=O)CCc3ccccc3)CC2)n1. The van der Waals surface area contributed by atoms with E-state index in [0.717, 1.165) is 51.4 Å². The fourth-order valence-corrected chi connectivity index (χ4v) is 3.41. The number of hydrogen-bond donors (Lipinski definition) is 0. The van der Waals surface area contributed by atoms with Crippen LogP contribution in [0, 0.1) is 13.8 Å². The van der Waals surface area contributed by atoms with Gasteiger partial charge in [0, 0.05) is 44.8 Å². The Kier molecular flexibility index (Phi) is 5.87. The summed E-state index contributed by atoms with van der Waals surface area (Å²) >= 11 is 0. The number of benzene rings is 1. The molecule has 0 bridgehead atoms. The lowest BCUT2D eigenvalue weighted by molar-refractivity contribution is -0.132. The topological polar surface area (TPSA) is 41.4 Å². The van der Waals surface area contributed by atoms with E-state index < -0.39 is 0 Å². The number of amides is 1. The third-order valence-electron chi connectivity index (χ3n) is 4.93. The van der Waals surface area contributed by atoms with Gasteiger partial charge in [0.2, 0.25) is 5.91 Å². The van der Waals surface area contributed by atoms with E-state index in [1.807, 2.05) is 30.0 Å². The number of hydrogen-bond acceptors (Lipinski definition) is 3. The highest BCUT2D eigenvalue weighted by Crippen LogP contribution is 2.09. The van der Waals surface area contributed by atoms with E-state index in [2.05, 4.69) is 39.8 Å². The van der Waals surface area contributed by atoms with Crippen molar-refractivity contribution in [3.63, 3.8) is 0 Å². The summed E-state index contributed by atoms with van der Waals surface area (Å²) in [5.41, 5.74) is 3.53. The van der Waals surface area contributed by atoms with Crippen molar-refractivity contribution in [2.75, 3.05) is 32.7 Å². The molecule has 134 valence electrons. The summed E-state index contributed by atoms with van der Waals surface area (Å²) in [7, 11) is 0. The zero-order valence-corrected chi connectivity index (χ0v) is 15.3. The van der Waals surface area contributed by atoms with Crippen LogP contribution in [0.15, 0.2) is 36.4 Å². The minimum absolute atomic E-state index is 0.280. The van der Waals surface area contributed by atoms with Gasteiger partial charge in [-0.2, -0.15) is 5.10 Å². The lowest BCUT2D eigenvalue weighted by Gasteiger charge is -2.34. The van der Waals surface area contributed by atoms with Crippen LogP contribution < -0.4 is 0 Å². The molecule has 0 radical (unpaired) electrons. The van der Waals surface area contributed by atoms with Crippen molar-refractivity contribution in [3.8, 4) is 0 Å². The molecule has 1 aromatic heterocycles. The van der Waals surface area contributed by atoms with Crippen LogP contribution in [0.2, 0.25) is 0 Å². The third kappa shape index (κ3) is 4.92. The maximum Gasteiger partial charge on any atom is 0.222 e. The summed E-state index contributed by atoms with van der Waals surface area (Å²) in [5, 5.41) is 4.52. The van der Waals surface area contributed by atoms with Gasteiger partial charge in [-0.05, 0) is 31.9 Å². The van der Waals surface area contributed by atoms with Crippen LogP contribution in [0.1, 0.15) is 23.4 Å². The van der Waals surface area contributed by atoms with E-state index >= 15 is 0 Å². The minimum atomic E-state index is 0.280. The molecular formula is C20H28N4O. The molecule has 1 aromatic carbocycles. The summed E-state index contributed by atoms with van der Waals surface area (Å²) in [4.78, 5) is 16.8. The van der Waals surface area contributed by atoms with Crippen LogP contribution in [0.4, 0.5) is 0 Å². The van der Waals surface area contributed by atoms with Gasteiger partial charge in [0.1, 0.15) is 0 Å². The average molecular weight is 340 g/mol. The van der Waals surface area contributed by atoms with Crippen LogP contribution in [-0.2, 0) is 17.8 Å². The first-order valence-electron chi connectivity index (χ1n) is 9.17. The molecule has 0 aliphatic carbocycles. The molecule has 1 amide bonds. The largest absolute Gasteiger partial charge is 0.340 e. The molecule has 3 rings (SSSR count). The molecule has 1 aliphatic rings. The molecule has 5 heteroatoms. The number of nitrogens with zero attached hydrogens (tertiary/aromatic N) is 4. The predicted molar refractivity (Wildman–Crippen MR) is 99.5 cm³/mol. The maximum atomic E-state index is 12.4. The first kappa shape index (κ1) is 17.7. The van der Waals surface area contributed by atoms with E-state index in [1.54, 1.807) is 0 Å². The van der Waals surface area contributed by atoms with E-state index in [1.165, 1.54) is 11.3 Å². The number of aromatic nitrogens is 2. The van der Waals surface area contributed by atoms with Gasteiger partial charge in [0.25, 0.3) is 0 Å². The standard InChI is InChI=1S/C20H28N4O/c1-17-16-18(2)24(21-17)15-12-22-10-13-23(14-11-22)20(25)9-8-19-6-4-3-5-7-19/h3-7,16H,8-15H2,1-2H3. The van der Waals surface area contributed by atoms with Crippen molar-refractivity contribution < 1.29 is 4.79 Å². The van der Waals surface area contributed by atoms with Crippen molar-refractivity contribution >= 4 is 5.91 Å². The lowest BCUT2D eigenvalue weighted by atomic mass is 10.1. The number of rotatable bonds is 6. The van der Waals surface area contributed by atoms with E-state index in [4.69, 9.17) is 0 Å². The summed E-state index contributed by atoms with van der Waals surface area (Å²) in [5.74, 6) is 0.280. The molecule has 0 N–H and O–H groups in total. The Balaban J connectivity index is 1.39. The number of carbonyl (C=O) groups excluding carboxylic acids is 1. The fourth-order valence-electron chi connectivity index (χ4n) is 3.41. The zero-order chi connectivity index (χ0) is 17.6. The summed E-state index contributed by atoms with van der Waals surface area (Å²) in [6.07, 6.45) is 1.44. The Morgan fingerprint density at radius 1 is 1.04 bits per heavy atom. The Hall–Kier alpha value is -2.14. The second-order valence-corrected chi connectivity index (χ2v) is 6.86. The maximum absolute atomic E-state index is 12.4. The first-order valence-corrected chi connectivity index (χ1v) is 9.17. The lowest BCUT2D eigenvalue weighted by Crippen LogP contribution is -2.49. The van der Waals surface area contributed by atoms with Crippen molar-refractivity contribution in [1.82, 2.24) is 19.6 Å². The van der Waals surface area contributed by atoms with Crippen LogP contribution in [0.5, 0.6) is 0 Å². The second kappa shape index (κ2) is 8.30. The van der Waals surface area contributed by atoms with Gasteiger partial charge in [0.05, 0.1) is 12.2 Å². The monoisotopic (exact) mass is 340 g/mol. The summed E-state index contributed by atoms with van der Waals surface area (Å²) in [6, 6.07) is 12.4. The van der Waals surface area contributed by atoms with Gasteiger partial charge in [-0.3, -0.25) is 14.4 Å². The predicted octanol–water partition coefficient (Wildman–Crippen LogP) is 2.28. The van der Waals surface area contributed by atoms with E-state index in [-0.39, 0.29) is 5.91 Å². The van der Waals surface area contributed by atoms with Crippen molar-refractivity contribution in [2.45, 2.75) is 33.2 Å². The Morgan fingerprint density at radius 2 is 1.76 bits per heavy atom. The number of aryl methyl sites for hydroxylation is 3. The van der Waals surface area contributed by atoms with Gasteiger partial charge in [-0.1, -0.05) is 30.3 Å². The molecule has 0 unspecified atom stereocenters. The molecule has 1 saturated heterocycles. The zero-order valence-electron chi connectivity index (χ0n) is 15.3.